The van der Waals surface area contributed by atoms with Crippen molar-refractivity contribution < 1.29 is 14.7 Å². The zero-order chi connectivity index (χ0) is 27.8. The van der Waals surface area contributed by atoms with Gasteiger partial charge in [0, 0.05) is 55.0 Å². The molecule has 0 spiro atoms. The molecule has 3 aromatic rings. The van der Waals surface area contributed by atoms with E-state index in [1.54, 1.807) is 30.7 Å². The van der Waals surface area contributed by atoms with Gasteiger partial charge >= 0.3 is 0 Å². The highest BCUT2D eigenvalue weighted by atomic mass is 16.3. The number of hydrogen-bond donors (Lipinski definition) is 2. The lowest BCUT2D eigenvalue weighted by Gasteiger charge is -2.36. The summed E-state index contributed by atoms with van der Waals surface area (Å²) in [4.78, 5) is 41.3. The van der Waals surface area contributed by atoms with Gasteiger partial charge in [0.15, 0.2) is 0 Å². The van der Waals surface area contributed by atoms with Gasteiger partial charge in [-0.05, 0) is 61.2 Å². The Morgan fingerprint density at radius 1 is 1.05 bits per heavy atom. The number of carbonyl (C=O) groups is 2. The molecule has 3 aliphatic heterocycles. The molecule has 1 aromatic heterocycles. The van der Waals surface area contributed by atoms with E-state index < -0.39 is 0 Å². The third kappa shape index (κ3) is 5.25. The van der Waals surface area contributed by atoms with Crippen molar-refractivity contribution in [2.45, 2.75) is 44.7 Å². The van der Waals surface area contributed by atoms with Gasteiger partial charge in [0.1, 0.15) is 5.75 Å². The van der Waals surface area contributed by atoms with Crippen LogP contribution in [0.5, 0.6) is 5.75 Å². The first kappa shape index (κ1) is 26.3. The lowest BCUT2D eigenvalue weighted by Crippen LogP contribution is -2.51. The van der Waals surface area contributed by atoms with Crippen LogP contribution in [-0.2, 0) is 9.59 Å². The topological polar surface area (TPSA) is 102 Å². The van der Waals surface area contributed by atoms with Gasteiger partial charge in [-0.15, -0.1) is 0 Å². The van der Waals surface area contributed by atoms with Crippen LogP contribution in [0, 0.1) is 5.92 Å². The van der Waals surface area contributed by atoms with Crippen molar-refractivity contribution in [3.63, 3.8) is 0 Å². The molecule has 0 radical (unpaired) electrons. The number of rotatable bonds is 7. The van der Waals surface area contributed by atoms with Crippen molar-refractivity contribution in [2.24, 2.45) is 5.92 Å². The Kier molecular flexibility index (Phi) is 7.14. The maximum atomic E-state index is 13.3. The zero-order valence-corrected chi connectivity index (χ0v) is 23.0. The van der Waals surface area contributed by atoms with Crippen LogP contribution in [0.1, 0.15) is 38.2 Å². The van der Waals surface area contributed by atoms with Gasteiger partial charge in [0.25, 0.3) is 0 Å². The molecule has 3 fully saturated rings. The number of phenols is 1. The number of aromatic hydroxyl groups is 1. The van der Waals surface area contributed by atoms with E-state index in [9.17, 15) is 14.7 Å². The monoisotopic (exact) mass is 540 g/mol. The van der Waals surface area contributed by atoms with Crippen LogP contribution in [0.25, 0.3) is 11.3 Å². The van der Waals surface area contributed by atoms with Gasteiger partial charge < -0.3 is 20.2 Å². The van der Waals surface area contributed by atoms with Crippen LogP contribution >= 0.6 is 0 Å². The van der Waals surface area contributed by atoms with Gasteiger partial charge in [0.2, 0.25) is 11.8 Å². The highest BCUT2D eigenvalue weighted by Crippen LogP contribution is 2.36. The molecule has 6 rings (SSSR count). The van der Waals surface area contributed by atoms with Crippen molar-refractivity contribution in [3.8, 4) is 17.0 Å². The number of nitrogens with zero attached hydrogens (tertiary/aromatic N) is 5. The Balaban J connectivity index is 0.998. The van der Waals surface area contributed by atoms with Crippen molar-refractivity contribution >= 4 is 23.2 Å². The van der Waals surface area contributed by atoms with Crippen molar-refractivity contribution in [1.82, 2.24) is 19.8 Å². The number of fused-ring (bicyclic) bond motifs is 2. The van der Waals surface area contributed by atoms with Crippen molar-refractivity contribution in [2.75, 3.05) is 42.9 Å². The van der Waals surface area contributed by atoms with Crippen molar-refractivity contribution in [3.05, 3.63) is 66.6 Å². The fourth-order valence-electron chi connectivity index (χ4n) is 6.37. The Labute approximate surface area is 234 Å². The molecule has 2 aromatic carbocycles. The van der Waals surface area contributed by atoms with E-state index in [1.165, 1.54) is 5.69 Å². The molecule has 0 saturated carbocycles. The average Bonchev–Trinajstić information content (AvgIpc) is 3.71. The highest BCUT2D eigenvalue weighted by Gasteiger charge is 2.45. The van der Waals surface area contributed by atoms with Gasteiger partial charge in [-0.2, -0.15) is 0 Å². The van der Waals surface area contributed by atoms with E-state index in [4.69, 9.17) is 0 Å². The summed E-state index contributed by atoms with van der Waals surface area (Å²) in [5.74, 6) is 0.379. The predicted molar refractivity (Wildman–Crippen MR) is 154 cm³/mol. The summed E-state index contributed by atoms with van der Waals surface area (Å²) in [6.07, 6.45) is 6.87. The highest BCUT2D eigenvalue weighted by molar-refractivity contribution is 5.93. The van der Waals surface area contributed by atoms with Crippen LogP contribution < -0.4 is 10.2 Å². The van der Waals surface area contributed by atoms with Crippen LogP contribution in [0.15, 0.2) is 61.1 Å². The van der Waals surface area contributed by atoms with E-state index in [0.717, 1.165) is 49.3 Å². The first-order valence-corrected chi connectivity index (χ1v) is 14.1. The van der Waals surface area contributed by atoms with E-state index in [2.05, 4.69) is 49.4 Å². The fraction of sp³-hybridized carbons (Fsp3) is 0.419. The summed E-state index contributed by atoms with van der Waals surface area (Å²) in [6, 6.07) is 14.2. The minimum absolute atomic E-state index is 0.0310. The molecule has 2 N–H and O–H groups in total. The standard InChI is InChI=1S/C31H36N6O3/c1-20(2)27-13-23(5-8-29(27)38)34-31(40)22-9-12-35(16-22)19-30(39)37-18-25-14-26(37)17-36(25)24-6-3-21(4-7-24)28-15-32-10-11-33-28/h3-8,10-11,13,15,20,22,25-26,38H,9,12,14,16-19H2,1-2H3,(H,34,40)/t22-,25+,26+/m1/s1. The number of likely N-dealkylation sites (tertiary alicyclic amines) is 2. The Morgan fingerprint density at radius 2 is 1.88 bits per heavy atom. The molecule has 4 heterocycles. The molecule has 3 aliphatic rings. The molecular formula is C31H36N6O3. The Bertz CT molecular complexity index is 1380. The van der Waals surface area contributed by atoms with Gasteiger partial charge in [0.05, 0.1) is 30.4 Å². The summed E-state index contributed by atoms with van der Waals surface area (Å²) >= 11 is 0. The predicted octanol–water partition coefficient (Wildman–Crippen LogP) is 3.72. The number of benzene rings is 2. The largest absolute Gasteiger partial charge is 0.508 e. The lowest BCUT2D eigenvalue weighted by molar-refractivity contribution is -0.133. The maximum absolute atomic E-state index is 13.3. The number of anilines is 2. The molecule has 9 nitrogen and oxygen atoms in total. The van der Waals surface area contributed by atoms with Gasteiger partial charge in [-0.1, -0.05) is 26.0 Å². The van der Waals surface area contributed by atoms with Gasteiger partial charge in [-0.25, -0.2) is 0 Å². The second-order valence-electron chi connectivity index (χ2n) is 11.5. The fourth-order valence-corrected chi connectivity index (χ4v) is 6.37. The molecule has 0 unspecified atom stereocenters. The SMILES string of the molecule is CC(C)c1cc(NC(=O)[C@@H]2CCN(CC(=O)N3C[C@@H]4C[C@H]3CN4c3ccc(-c4cnccn4)cc3)C2)ccc1O. The third-order valence-corrected chi connectivity index (χ3v) is 8.54. The van der Waals surface area contributed by atoms with Crippen LogP contribution in [0.4, 0.5) is 11.4 Å². The molecular weight excluding hydrogens is 504 g/mol. The second-order valence-corrected chi connectivity index (χ2v) is 11.5. The summed E-state index contributed by atoms with van der Waals surface area (Å²) in [6.45, 7) is 7.28. The van der Waals surface area contributed by atoms with Crippen LogP contribution in [0.2, 0.25) is 0 Å². The van der Waals surface area contributed by atoms with E-state index in [-0.39, 0.29) is 35.4 Å². The minimum Gasteiger partial charge on any atom is -0.508 e. The molecule has 2 bridgehead atoms. The zero-order valence-electron chi connectivity index (χ0n) is 23.0. The summed E-state index contributed by atoms with van der Waals surface area (Å²) < 4.78 is 0. The second kappa shape index (κ2) is 10.9. The van der Waals surface area contributed by atoms with Crippen LogP contribution in [0.3, 0.4) is 0 Å². The number of carbonyl (C=O) groups excluding carboxylic acids is 2. The number of phenolic OH excluding ortho intramolecular Hbond substituents is 1. The number of hydrogen-bond acceptors (Lipinski definition) is 7. The smallest absolute Gasteiger partial charge is 0.237 e. The molecule has 40 heavy (non-hydrogen) atoms. The molecule has 3 atom stereocenters. The summed E-state index contributed by atoms with van der Waals surface area (Å²) in [7, 11) is 0. The number of aromatic nitrogens is 2. The molecule has 3 saturated heterocycles. The molecule has 208 valence electrons. The number of nitrogens with one attached hydrogen (secondary N) is 1. The Hall–Kier alpha value is -3.98. The number of piperazine rings is 1. The van der Waals surface area contributed by atoms with E-state index in [0.29, 0.717) is 24.8 Å². The first-order valence-electron chi connectivity index (χ1n) is 14.1. The van der Waals surface area contributed by atoms with Gasteiger partial charge in [-0.3, -0.25) is 24.5 Å². The maximum Gasteiger partial charge on any atom is 0.237 e. The molecule has 9 heteroatoms. The lowest BCUT2D eigenvalue weighted by atomic mass is 10.0. The summed E-state index contributed by atoms with van der Waals surface area (Å²) in [5, 5.41) is 13.1. The minimum atomic E-state index is -0.153. The van der Waals surface area contributed by atoms with E-state index in [1.807, 2.05) is 24.8 Å². The normalized spacial score (nSPS) is 22.3. The first-order chi connectivity index (χ1) is 19.4. The molecule has 2 amide bonds. The molecule has 0 aliphatic carbocycles. The Morgan fingerprint density at radius 3 is 2.58 bits per heavy atom. The third-order valence-electron chi connectivity index (χ3n) is 8.54. The average molecular weight is 541 g/mol. The quantitative estimate of drug-likeness (QED) is 0.441. The van der Waals surface area contributed by atoms with Crippen LogP contribution in [-0.4, -0.2) is 81.5 Å². The van der Waals surface area contributed by atoms with E-state index >= 15 is 0 Å². The number of amides is 2. The van der Waals surface area contributed by atoms with Crippen molar-refractivity contribution in [1.29, 1.82) is 0 Å². The summed E-state index contributed by atoms with van der Waals surface area (Å²) in [5.41, 5.74) is 4.58.